The Morgan fingerprint density at radius 2 is 2.04 bits per heavy atom. The Morgan fingerprint density at radius 1 is 1.25 bits per heavy atom. The largest absolute Gasteiger partial charge is 0.479 e. The van der Waals surface area contributed by atoms with Crippen molar-refractivity contribution in [2.24, 2.45) is 0 Å². The molecule has 2 aromatic carbocycles. The number of para-hydroxylation sites is 1. The van der Waals surface area contributed by atoms with Gasteiger partial charge in [-0.1, -0.05) is 35.9 Å². The number of hydrogen-bond acceptors (Lipinski definition) is 4. The summed E-state index contributed by atoms with van der Waals surface area (Å²) < 4.78 is 5.77. The number of aliphatic carboxylic acids is 1. The lowest BCUT2D eigenvalue weighted by Crippen LogP contribution is -2.38. The van der Waals surface area contributed by atoms with Crippen LogP contribution in [-0.2, 0) is 4.79 Å². The minimum Gasteiger partial charge on any atom is -0.479 e. The number of carbonyl (C=O) groups is 1. The van der Waals surface area contributed by atoms with Gasteiger partial charge in [0.2, 0.25) is 0 Å². The zero-order valence-electron chi connectivity index (χ0n) is 15.4. The number of carboxylic acid groups (broad SMARTS) is 1. The van der Waals surface area contributed by atoms with Crippen LogP contribution in [0.1, 0.15) is 25.0 Å². The van der Waals surface area contributed by atoms with Crippen LogP contribution in [0.15, 0.2) is 54.7 Å². The van der Waals surface area contributed by atoms with Crippen LogP contribution in [0.3, 0.4) is 0 Å². The van der Waals surface area contributed by atoms with Gasteiger partial charge in [-0.05, 0) is 36.8 Å². The highest BCUT2D eigenvalue weighted by Gasteiger charge is 2.24. The van der Waals surface area contributed by atoms with Gasteiger partial charge in [0.15, 0.2) is 6.10 Å². The quantitative estimate of drug-likeness (QED) is 0.437. The van der Waals surface area contributed by atoms with Crippen molar-refractivity contribution in [2.75, 3.05) is 6.54 Å². The molecule has 4 N–H and O–H groups in total. The Hall–Kier alpha value is -2.54. The van der Waals surface area contributed by atoms with Crippen LogP contribution in [0, 0.1) is 0 Å². The van der Waals surface area contributed by atoms with E-state index in [1.807, 2.05) is 25.1 Å². The molecule has 0 spiro atoms. The summed E-state index contributed by atoms with van der Waals surface area (Å²) in [5.74, 6) is -0.534. The molecule has 0 saturated heterocycles. The van der Waals surface area contributed by atoms with Gasteiger partial charge in [-0.15, -0.1) is 0 Å². The average molecular weight is 403 g/mol. The zero-order chi connectivity index (χ0) is 20.1. The Bertz CT molecular complexity index is 943. The lowest BCUT2D eigenvalue weighted by molar-refractivity contribution is -0.145. The van der Waals surface area contributed by atoms with Gasteiger partial charge in [-0.25, -0.2) is 4.79 Å². The van der Waals surface area contributed by atoms with Crippen LogP contribution in [0.25, 0.3) is 10.9 Å². The molecule has 28 heavy (non-hydrogen) atoms. The highest BCUT2D eigenvalue weighted by atomic mass is 35.5. The van der Waals surface area contributed by atoms with Crippen molar-refractivity contribution in [1.29, 1.82) is 0 Å². The summed E-state index contributed by atoms with van der Waals surface area (Å²) in [5.41, 5.74) is 1.47. The SMILES string of the molecule is C[C@H](CC(Oc1cccc2cc[nH]c12)C(=O)O)NCC(O)c1cccc(Cl)c1. The second kappa shape index (κ2) is 9.10. The minimum atomic E-state index is -1.03. The third-order valence-corrected chi connectivity index (χ3v) is 4.79. The fourth-order valence-electron chi connectivity index (χ4n) is 3.06. The number of nitrogens with one attached hydrogen (secondary N) is 2. The molecule has 0 bridgehead atoms. The molecule has 7 heteroatoms. The summed E-state index contributed by atoms with van der Waals surface area (Å²) >= 11 is 5.95. The Kier molecular flexibility index (Phi) is 6.57. The standard InChI is InChI=1S/C21H23ClN2O4/c1-13(24-12-17(25)15-5-2-6-16(22)11-15)10-19(21(26)27)28-18-7-3-4-14-8-9-23-20(14)18/h2-9,11,13,17,19,23-25H,10,12H2,1H3,(H,26,27)/t13-,17?,19?/m1/s1. The summed E-state index contributed by atoms with van der Waals surface area (Å²) in [5, 5.41) is 24.5. The number of aromatic nitrogens is 1. The number of ether oxygens (including phenoxy) is 1. The molecule has 1 aromatic heterocycles. The smallest absolute Gasteiger partial charge is 0.344 e. The first-order valence-corrected chi connectivity index (χ1v) is 9.44. The van der Waals surface area contributed by atoms with Crippen molar-refractivity contribution >= 4 is 28.5 Å². The third kappa shape index (κ3) is 5.04. The van der Waals surface area contributed by atoms with Crippen LogP contribution in [0.5, 0.6) is 5.75 Å². The number of hydrogen-bond donors (Lipinski definition) is 4. The molecule has 148 valence electrons. The monoisotopic (exact) mass is 402 g/mol. The summed E-state index contributed by atoms with van der Waals surface area (Å²) in [6.07, 6.45) is 0.279. The summed E-state index contributed by atoms with van der Waals surface area (Å²) in [4.78, 5) is 14.8. The van der Waals surface area contributed by atoms with Gasteiger partial charge in [-0.2, -0.15) is 0 Å². The molecule has 0 aliphatic carbocycles. The highest BCUT2D eigenvalue weighted by molar-refractivity contribution is 6.30. The second-order valence-electron chi connectivity index (χ2n) is 6.76. The van der Waals surface area contributed by atoms with E-state index in [2.05, 4.69) is 10.3 Å². The van der Waals surface area contributed by atoms with Crippen LogP contribution in [-0.4, -0.2) is 39.9 Å². The molecule has 0 aliphatic rings. The fourth-order valence-corrected chi connectivity index (χ4v) is 3.25. The first-order chi connectivity index (χ1) is 13.4. The van der Waals surface area contributed by atoms with Gasteiger partial charge in [0.25, 0.3) is 0 Å². The van der Waals surface area contributed by atoms with Gasteiger partial charge >= 0.3 is 5.97 Å². The number of rotatable bonds is 9. The van der Waals surface area contributed by atoms with E-state index in [9.17, 15) is 15.0 Å². The van der Waals surface area contributed by atoms with Gasteiger partial charge in [-0.3, -0.25) is 0 Å². The summed E-state index contributed by atoms with van der Waals surface area (Å²) in [6, 6.07) is 14.2. The van der Waals surface area contributed by atoms with E-state index < -0.39 is 18.2 Å². The number of carboxylic acids is 1. The number of fused-ring (bicyclic) bond motifs is 1. The van der Waals surface area contributed by atoms with E-state index in [0.29, 0.717) is 16.3 Å². The molecule has 1 heterocycles. The van der Waals surface area contributed by atoms with E-state index >= 15 is 0 Å². The van der Waals surface area contributed by atoms with E-state index in [-0.39, 0.29) is 19.0 Å². The van der Waals surface area contributed by atoms with Crippen molar-refractivity contribution in [3.8, 4) is 5.75 Å². The van der Waals surface area contributed by atoms with Crippen molar-refractivity contribution in [3.63, 3.8) is 0 Å². The number of H-pyrrole nitrogens is 1. The summed E-state index contributed by atoms with van der Waals surface area (Å²) in [6.45, 7) is 2.14. The normalized spacial score (nSPS) is 14.5. The van der Waals surface area contributed by atoms with Crippen molar-refractivity contribution < 1.29 is 19.7 Å². The molecule has 0 fully saturated rings. The molecule has 2 unspecified atom stereocenters. The zero-order valence-corrected chi connectivity index (χ0v) is 16.2. The Morgan fingerprint density at radius 3 is 2.79 bits per heavy atom. The minimum absolute atomic E-state index is 0.183. The Balaban J connectivity index is 1.59. The molecule has 0 aliphatic heterocycles. The maximum Gasteiger partial charge on any atom is 0.344 e. The summed E-state index contributed by atoms with van der Waals surface area (Å²) in [7, 11) is 0. The molecule has 0 radical (unpaired) electrons. The molecule has 0 saturated carbocycles. The fraction of sp³-hybridized carbons (Fsp3) is 0.286. The van der Waals surface area contributed by atoms with E-state index in [0.717, 1.165) is 10.9 Å². The van der Waals surface area contributed by atoms with Gasteiger partial charge in [0.1, 0.15) is 5.75 Å². The number of aliphatic hydroxyl groups is 1. The predicted octanol–water partition coefficient (Wildman–Crippen LogP) is 3.76. The molecular formula is C21H23ClN2O4. The van der Waals surface area contributed by atoms with Crippen LogP contribution in [0.4, 0.5) is 0 Å². The first kappa shape index (κ1) is 20.2. The van der Waals surface area contributed by atoms with Gasteiger partial charge in [0.05, 0.1) is 11.6 Å². The van der Waals surface area contributed by atoms with Crippen LogP contribution >= 0.6 is 11.6 Å². The van der Waals surface area contributed by atoms with E-state index in [4.69, 9.17) is 16.3 Å². The van der Waals surface area contributed by atoms with Crippen molar-refractivity contribution in [2.45, 2.75) is 31.6 Å². The van der Waals surface area contributed by atoms with E-state index in [1.165, 1.54) is 0 Å². The van der Waals surface area contributed by atoms with Crippen LogP contribution < -0.4 is 10.1 Å². The topological polar surface area (TPSA) is 94.6 Å². The van der Waals surface area contributed by atoms with Gasteiger partial charge < -0.3 is 25.3 Å². The number of benzene rings is 2. The number of aliphatic hydroxyl groups excluding tert-OH is 1. The van der Waals surface area contributed by atoms with E-state index in [1.54, 1.807) is 36.5 Å². The van der Waals surface area contributed by atoms with Crippen LogP contribution in [0.2, 0.25) is 5.02 Å². The lowest BCUT2D eigenvalue weighted by atomic mass is 10.1. The third-order valence-electron chi connectivity index (χ3n) is 4.55. The Labute approximate surface area is 168 Å². The maximum absolute atomic E-state index is 11.7. The lowest BCUT2D eigenvalue weighted by Gasteiger charge is -2.22. The van der Waals surface area contributed by atoms with Crippen molar-refractivity contribution in [1.82, 2.24) is 10.3 Å². The molecule has 3 rings (SSSR count). The molecule has 3 atom stereocenters. The molecule has 6 nitrogen and oxygen atoms in total. The first-order valence-electron chi connectivity index (χ1n) is 9.06. The maximum atomic E-state index is 11.7. The predicted molar refractivity (Wildman–Crippen MR) is 109 cm³/mol. The van der Waals surface area contributed by atoms with Gasteiger partial charge in [0, 0.05) is 35.6 Å². The second-order valence-corrected chi connectivity index (χ2v) is 7.20. The average Bonchev–Trinajstić information content (AvgIpc) is 3.15. The number of halogens is 1. The number of aromatic amines is 1. The molecule has 3 aromatic rings. The molecular weight excluding hydrogens is 380 g/mol. The highest BCUT2D eigenvalue weighted by Crippen LogP contribution is 2.25. The molecule has 0 amide bonds. The van der Waals surface area contributed by atoms with Crippen molar-refractivity contribution in [3.05, 3.63) is 65.3 Å².